The third-order valence-electron chi connectivity index (χ3n) is 2.15. The summed E-state index contributed by atoms with van der Waals surface area (Å²) < 4.78 is 1.83. The highest BCUT2D eigenvalue weighted by Gasteiger charge is 1.99. The fraction of sp³-hybridized carbons (Fsp3) is 0.400. The summed E-state index contributed by atoms with van der Waals surface area (Å²) in [5, 5.41) is 7.43. The van der Waals surface area contributed by atoms with Crippen molar-refractivity contribution in [3.8, 4) is 0 Å². The molecule has 2 aromatic heterocycles. The van der Waals surface area contributed by atoms with Crippen molar-refractivity contribution in [2.24, 2.45) is 0 Å². The van der Waals surface area contributed by atoms with E-state index >= 15 is 0 Å². The largest absolute Gasteiger partial charge is 0.319 e. The fourth-order valence-corrected chi connectivity index (χ4v) is 1.43. The first-order valence-corrected chi connectivity index (χ1v) is 4.75. The Hall–Kier alpha value is -1.42. The van der Waals surface area contributed by atoms with E-state index in [0.29, 0.717) is 0 Å². The molecule has 4 heteroatoms. The first-order chi connectivity index (χ1) is 6.79. The summed E-state index contributed by atoms with van der Waals surface area (Å²) in [5.41, 5.74) is 3.12. The third kappa shape index (κ3) is 1.75. The van der Waals surface area contributed by atoms with Crippen molar-refractivity contribution in [1.82, 2.24) is 19.9 Å². The summed E-state index contributed by atoms with van der Waals surface area (Å²) >= 11 is 0. The highest BCUT2D eigenvalue weighted by Crippen LogP contribution is 2.04. The van der Waals surface area contributed by atoms with Gasteiger partial charge in [0.15, 0.2) is 5.65 Å². The van der Waals surface area contributed by atoms with E-state index in [-0.39, 0.29) is 0 Å². The summed E-state index contributed by atoms with van der Waals surface area (Å²) in [5.74, 6) is 0. The molecule has 0 aromatic carbocycles. The van der Waals surface area contributed by atoms with Crippen LogP contribution in [0.1, 0.15) is 11.3 Å². The molecule has 0 atom stereocenters. The van der Waals surface area contributed by atoms with Crippen molar-refractivity contribution in [2.75, 3.05) is 13.6 Å². The summed E-state index contributed by atoms with van der Waals surface area (Å²) in [7, 11) is 1.95. The van der Waals surface area contributed by atoms with E-state index in [4.69, 9.17) is 0 Å². The number of rotatable bonds is 3. The minimum absolute atomic E-state index is 0.913. The van der Waals surface area contributed by atoms with Crippen LogP contribution in [0.3, 0.4) is 0 Å². The number of nitrogens with one attached hydrogen (secondary N) is 1. The standard InChI is InChI=1S/C10H14N4/c1-8-5-10-12-6-9(3-4-11-2)7-14(10)13-8/h5-7,11H,3-4H2,1-2H3. The molecule has 2 rings (SSSR count). The second-order valence-corrected chi connectivity index (χ2v) is 3.40. The molecule has 0 fully saturated rings. The second kappa shape index (κ2) is 3.75. The Morgan fingerprint density at radius 1 is 1.50 bits per heavy atom. The van der Waals surface area contributed by atoms with Crippen molar-refractivity contribution in [3.63, 3.8) is 0 Å². The summed E-state index contributed by atoms with van der Waals surface area (Å²) in [6, 6.07) is 1.97. The quantitative estimate of drug-likeness (QED) is 0.778. The van der Waals surface area contributed by atoms with Gasteiger partial charge in [-0.15, -0.1) is 0 Å². The molecule has 1 N–H and O–H groups in total. The zero-order chi connectivity index (χ0) is 9.97. The molecule has 0 saturated carbocycles. The first kappa shape index (κ1) is 9.15. The van der Waals surface area contributed by atoms with Gasteiger partial charge in [0.1, 0.15) is 0 Å². The maximum atomic E-state index is 4.33. The average Bonchev–Trinajstić information content (AvgIpc) is 2.54. The van der Waals surface area contributed by atoms with Crippen LogP contribution in [0.25, 0.3) is 5.65 Å². The Kier molecular flexibility index (Phi) is 2.45. The lowest BCUT2D eigenvalue weighted by molar-refractivity contribution is 0.778. The highest BCUT2D eigenvalue weighted by atomic mass is 15.2. The van der Waals surface area contributed by atoms with Gasteiger partial charge in [0.05, 0.1) is 5.69 Å². The van der Waals surface area contributed by atoms with Crippen LogP contribution in [-0.4, -0.2) is 28.2 Å². The smallest absolute Gasteiger partial charge is 0.155 e. The molecule has 0 radical (unpaired) electrons. The molecule has 4 nitrogen and oxygen atoms in total. The fourth-order valence-electron chi connectivity index (χ4n) is 1.43. The van der Waals surface area contributed by atoms with E-state index in [1.165, 1.54) is 5.56 Å². The molecule has 0 aliphatic carbocycles. The van der Waals surface area contributed by atoms with E-state index in [1.807, 2.05) is 36.9 Å². The zero-order valence-corrected chi connectivity index (χ0v) is 8.49. The molecule has 0 unspecified atom stereocenters. The third-order valence-corrected chi connectivity index (χ3v) is 2.15. The lowest BCUT2D eigenvalue weighted by Gasteiger charge is -2.00. The van der Waals surface area contributed by atoms with E-state index in [0.717, 1.165) is 24.3 Å². The molecule has 0 aliphatic heterocycles. The van der Waals surface area contributed by atoms with Gasteiger partial charge in [-0.1, -0.05) is 0 Å². The highest BCUT2D eigenvalue weighted by molar-refractivity contribution is 5.38. The van der Waals surface area contributed by atoms with Crippen molar-refractivity contribution in [1.29, 1.82) is 0 Å². The summed E-state index contributed by atoms with van der Waals surface area (Å²) in [6.45, 7) is 2.94. The van der Waals surface area contributed by atoms with Crippen molar-refractivity contribution in [3.05, 3.63) is 29.7 Å². The van der Waals surface area contributed by atoms with Gasteiger partial charge in [-0.05, 0) is 32.5 Å². The SMILES string of the molecule is CNCCc1cnc2cc(C)nn2c1. The maximum absolute atomic E-state index is 4.33. The van der Waals surface area contributed by atoms with E-state index < -0.39 is 0 Å². The zero-order valence-electron chi connectivity index (χ0n) is 8.49. The lowest BCUT2D eigenvalue weighted by atomic mass is 10.2. The molecule has 0 spiro atoms. The maximum Gasteiger partial charge on any atom is 0.155 e. The van der Waals surface area contributed by atoms with Crippen LogP contribution in [0.2, 0.25) is 0 Å². The molecule has 2 heterocycles. The molecular formula is C10H14N4. The van der Waals surface area contributed by atoms with E-state index in [9.17, 15) is 0 Å². The van der Waals surface area contributed by atoms with E-state index in [2.05, 4.69) is 15.4 Å². The van der Waals surface area contributed by atoms with Gasteiger partial charge in [-0.2, -0.15) is 5.10 Å². The first-order valence-electron chi connectivity index (χ1n) is 4.75. The van der Waals surface area contributed by atoms with Gasteiger partial charge in [0, 0.05) is 18.5 Å². The van der Waals surface area contributed by atoms with Crippen molar-refractivity contribution >= 4 is 5.65 Å². The molecule has 74 valence electrons. The lowest BCUT2D eigenvalue weighted by Crippen LogP contribution is -2.11. The average molecular weight is 190 g/mol. The number of fused-ring (bicyclic) bond motifs is 1. The van der Waals surface area contributed by atoms with Crippen molar-refractivity contribution < 1.29 is 0 Å². The minimum atomic E-state index is 0.913. The number of aromatic nitrogens is 3. The van der Waals surface area contributed by atoms with Crippen LogP contribution in [0.15, 0.2) is 18.5 Å². The molecule has 0 amide bonds. The molecule has 14 heavy (non-hydrogen) atoms. The number of likely N-dealkylation sites (N-methyl/N-ethyl adjacent to an activating group) is 1. The van der Waals surface area contributed by atoms with Gasteiger partial charge in [-0.3, -0.25) is 0 Å². The number of aryl methyl sites for hydroxylation is 1. The number of hydrogen-bond acceptors (Lipinski definition) is 3. The van der Waals surface area contributed by atoms with Gasteiger partial charge < -0.3 is 5.32 Å². The molecule has 2 aromatic rings. The second-order valence-electron chi connectivity index (χ2n) is 3.40. The van der Waals surface area contributed by atoms with Crippen LogP contribution >= 0.6 is 0 Å². The van der Waals surface area contributed by atoms with Crippen LogP contribution in [0.4, 0.5) is 0 Å². The molecule has 0 aliphatic rings. The van der Waals surface area contributed by atoms with Crippen molar-refractivity contribution in [2.45, 2.75) is 13.3 Å². The predicted octanol–water partition coefficient (Wildman–Crippen LogP) is 0.800. The van der Waals surface area contributed by atoms with Crippen LogP contribution in [-0.2, 0) is 6.42 Å². The minimum Gasteiger partial charge on any atom is -0.319 e. The normalized spacial score (nSPS) is 11.0. The summed E-state index contributed by atoms with van der Waals surface area (Å²) in [6.07, 6.45) is 4.93. The van der Waals surface area contributed by atoms with Crippen LogP contribution < -0.4 is 5.32 Å². The predicted molar refractivity (Wildman–Crippen MR) is 55.4 cm³/mol. The monoisotopic (exact) mass is 190 g/mol. The molecule has 0 bridgehead atoms. The van der Waals surface area contributed by atoms with Gasteiger partial charge in [-0.25, -0.2) is 9.50 Å². The molecular weight excluding hydrogens is 176 g/mol. The Morgan fingerprint density at radius 2 is 2.36 bits per heavy atom. The van der Waals surface area contributed by atoms with Gasteiger partial charge in [0.25, 0.3) is 0 Å². The van der Waals surface area contributed by atoms with Crippen LogP contribution in [0, 0.1) is 6.92 Å². The topological polar surface area (TPSA) is 42.2 Å². The Bertz CT molecular complexity index is 433. The summed E-state index contributed by atoms with van der Waals surface area (Å²) in [4.78, 5) is 4.33. The van der Waals surface area contributed by atoms with Crippen LogP contribution in [0.5, 0.6) is 0 Å². The van der Waals surface area contributed by atoms with E-state index in [1.54, 1.807) is 0 Å². The number of nitrogens with zero attached hydrogens (tertiary/aromatic N) is 3. The number of hydrogen-bond donors (Lipinski definition) is 1. The molecule has 0 saturated heterocycles. The Balaban J connectivity index is 2.31. The Morgan fingerprint density at radius 3 is 3.14 bits per heavy atom. The van der Waals surface area contributed by atoms with Gasteiger partial charge >= 0.3 is 0 Å². The Labute approximate surface area is 83.0 Å². The van der Waals surface area contributed by atoms with Gasteiger partial charge in [0.2, 0.25) is 0 Å².